The maximum Gasteiger partial charge on any atom is 0.0384 e. The van der Waals surface area contributed by atoms with Gasteiger partial charge in [0, 0.05) is 11.4 Å². The highest BCUT2D eigenvalue weighted by molar-refractivity contribution is 5.50. The Labute approximate surface area is 85.2 Å². The molecule has 72 valence electrons. The second kappa shape index (κ2) is 4.14. The maximum absolute atomic E-state index is 3.38. The molecule has 1 aromatic carbocycles. The van der Waals surface area contributed by atoms with E-state index in [0.717, 1.165) is 12.1 Å². The Hall–Kier alpha value is -1.50. The highest BCUT2D eigenvalue weighted by atomic mass is 14.9. The van der Waals surface area contributed by atoms with Gasteiger partial charge in [0.05, 0.1) is 0 Å². The fourth-order valence-corrected chi connectivity index (χ4v) is 1.51. The van der Waals surface area contributed by atoms with E-state index in [0.29, 0.717) is 5.92 Å². The van der Waals surface area contributed by atoms with Gasteiger partial charge in [-0.2, -0.15) is 0 Å². The Morgan fingerprint density at radius 2 is 2.00 bits per heavy atom. The molecule has 0 fully saturated rings. The summed E-state index contributed by atoms with van der Waals surface area (Å²) in [4.78, 5) is 0. The quantitative estimate of drug-likeness (QED) is 0.742. The van der Waals surface area contributed by atoms with E-state index in [-0.39, 0.29) is 0 Å². The summed E-state index contributed by atoms with van der Waals surface area (Å²) in [5.41, 5.74) is 2.35. The molecule has 1 aliphatic carbocycles. The van der Waals surface area contributed by atoms with Crippen LogP contribution >= 0.6 is 0 Å². The van der Waals surface area contributed by atoms with Crippen LogP contribution in [0.1, 0.15) is 13.3 Å². The van der Waals surface area contributed by atoms with Crippen LogP contribution in [0.25, 0.3) is 0 Å². The van der Waals surface area contributed by atoms with Gasteiger partial charge >= 0.3 is 0 Å². The standard InChI is InChI=1S/C13H15N/c1-11-7-9-13(10-8-11)14-12-5-3-2-4-6-12/h2-7,9-11,14H,8H2,1H3. The van der Waals surface area contributed by atoms with Crippen LogP contribution < -0.4 is 5.32 Å². The molecule has 0 aliphatic heterocycles. The van der Waals surface area contributed by atoms with Gasteiger partial charge in [-0.15, -0.1) is 0 Å². The zero-order valence-corrected chi connectivity index (χ0v) is 8.40. The number of anilines is 1. The molecule has 1 heteroatoms. The number of nitrogens with one attached hydrogen (secondary N) is 1. The van der Waals surface area contributed by atoms with Crippen molar-refractivity contribution in [2.45, 2.75) is 13.3 Å². The predicted octanol–water partition coefficient (Wildman–Crippen LogP) is 3.58. The third-order valence-electron chi connectivity index (χ3n) is 2.38. The van der Waals surface area contributed by atoms with E-state index < -0.39 is 0 Å². The Balaban J connectivity index is 2.03. The van der Waals surface area contributed by atoms with Gasteiger partial charge in [0.2, 0.25) is 0 Å². The third-order valence-corrected chi connectivity index (χ3v) is 2.38. The fourth-order valence-electron chi connectivity index (χ4n) is 1.51. The SMILES string of the molecule is CC1C=CC(Nc2ccccc2)=CC1. The van der Waals surface area contributed by atoms with Gasteiger partial charge in [-0.1, -0.05) is 37.3 Å². The average molecular weight is 185 g/mol. The van der Waals surface area contributed by atoms with Crippen LogP contribution in [0.5, 0.6) is 0 Å². The van der Waals surface area contributed by atoms with Gasteiger partial charge in [-0.3, -0.25) is 0 Å². The van der Waals surface area contributed by atoms with Crippen LogP contribution in [0.4, 0.5) is 5.69 Å². The van der Waals surface area contributed by atoms with Crippen molar-refractivity contribution in [3.8, 4) is 0 Å². The summed E-state index contributed by atoms with van der Waals surface area (Å²) in [5.74, 6) is 0.677. The second-order valence-electron chi connectivity index (χ2n) is 3.72. The summed E-state index contributed by atoms with van der Waals surface area (Å²) < 4.78 is 0. The minimum atomic E-state index is 0.677. The molecule has 1 nitrogen and oxygen atoms in total. The molecular formula is C13H15N. The van der Waals surface area contributed by atoms with Crippen molar-refractivity contribution in [1.29, 1.82) is 0 Å². The highest BCUT2D eigenvalue weighted by Crippen LogP contribution is 2.17. The molecule has 1 aliphatic rings. The monoisotopic (exact) mass is 185 g/mol. The number of rotatable bonds is 2. The average Bonchev–Trinajstić information content (AvgIpc) is 2.23. The van der Waals surface area contributed by atoms with Crippen molar-refractivity contribution in [2.75, 3.05) is 5.32 Å². The van der Waals surface area contributed by atoms with Crippen LogP contribution in [-0.4, -0.2) is 0 Å². The maximum atomic E-state index is 3.38. The first-order valence-corrected chi connectivity index (χ1v) is 5.05. The van der Waals surface area contributed by atoms with E-state index in [1.807, 2.05) is 18.2 Å². The fraction of sp³-hybridized carbons (Fsp3) is 0.231. The smallest absolute Gasteiger partial charge is 0.0384 e. The van der Waals surface area contributed by atoms with E-state index in [9.17, 15) is 0 Å². The Bertz CT molecular complexity index is 349. The summed E-state index contributed by atoms with van der Waals surface area (Å²) >= 11 is 0. The zero-order valence-electron chi connectivity index (χ0n) is 8.40. The van der Waals surface area contributed by atoms with Crippen molar-refractivity contribution < 1.29 is 0 Å². The van der Waals surface area contributed by atoms with Gasteiger partial charge < -0.3 is 5.32 Å². The summed E-state index contributed by atoms with van der Waals surface area (Å²) in [6.07, 6.45) is 7.77. The van der Waals surface area contributed by atoms with Crippen LogP contribution in [0, 0.1) is 5.92 Å². The number of para-hydroxylation sites is 1. The molecular weight excluding hydrogens is 170 g/mol. The van der Waals surface area contributed by atoms with Crippen LogP contribution in [-0.2, 0) is 0 Å². The van der Waals surface area contributed by atoms with Crippen molar-refractivity contribution in [3.63, 3.8) is 0 Å². The molecule has 0 amide bonds. The largest absolute Gasteiger partial charge is 0.356 e. The topological polar surface area (TPSA) is 12.0 Å². The van der Waals surface area contributed by atoms with Crippen LogP contribution in [0.3, 0.4) is 0 Å². The first kappa shape index (κ1) is 9.07. The number of hydrogen-bond donors (Lipinski definition) is 1. The molecule has 1 aromatic rings. The minimum absolute atomic E-state index is 0.677. The van der Waals surface area contributed by atoms with Crippen molar-refractivity contribution in [1.82, 2.24) is 0 Å². The molecule has 1 N–H and O–H groups in total. The number of hydrogen-bond acceptors (Lipinski definition) is 1. The summed E-state index contributed by atoms with van der Waals surface area (Å²) in [6.45, 7) is 2.23. The second-order valence-corrected chi connectivity index (χ2v) is 3.72. The Morgan fingerprint density at radius 3 is 2.64 bits per heavy atom. The number of benzene rings is 1. The van der Waals surface area contributed by atoms with Crippen molar-refractivity contribution in [3.05, 3.63) is 54.3 Å². The third kappa shape index (κ3) is 2.25. The first-order chi connectivity index (χ1) is 6.84. The molecule has 0 saturated carbocycles. The first-order valence-electron chi connectivity index (χ1n) is 5.05. The van der Waals surface area contributed by atoms with E-state index in [1.54, 1.807) is 0 Å². The minimum Gasteiger partial charge on any atom is -0.356 e. The van der Waals surface area contributed by atoms with E-state index in [4.69, 9.17) is 0 Å². The normalized spacial score (nSPS) is 20.4. The lowest BCUT2D eigenvalue weighted by atomic mass is 10.0. The van der Waals surface area contributed by atoms with Gasteiger partial charge in [0.15, 0.2) is 0 Å². The van der Waals surface area contributed by atoms with Gasteiger partial charge in [0.1, 0.15) is 0 Å². The summed E-state index contributed by atoms with van der Waals surface area (Å²) in [7, 11) is 0. The lowest BCUT2D eigenvalue weighted by Gasteiger charge is -2.13. The molecule has 0 aromatic heterocycles. The summed E-state index contributed by atoms with van der Waals surface area (Å²) in [5, 5.41) is 3.38. The van der Waals surface area contributed by atoms with Crippen molar-refractivity contribution >= 4 is 5.69 Å². The zero-order chi connectivity index (χ0) is 9.80. The van der Waals surface area contributed by atoms with Gasteiger partial charge in [-0.05, 0) is 30.5 Å². The molecule has 0 spiro atoms. The molecule has 1 atom stereocenters. The molecule has 0 radical (unpaired) electrons. The van der Waals surface area contributed by atoms with E-state index in [1.165, 1.54) is 5.70 Å². The van der Waals surface area contributed by atoms with E-state index >= 15 is 0 Å². The lowest BCUT2D eigenvalue weighted by Crippen LogP contribution is -2.02. The molecule has 0 bridgehead atoms. The van der Waals surface area contributed by atoms with Crippen molar-refractivity contribution in [2.24, 2.45) is 5.92 Å². The van der Waals surface area contributed by atoms with Crippen LogP contribution in [0.2, 0.25) is 0 Å². The Kier molecular flexibility index (Phi) is 2.68. The van der Waals surface area contributed by atoms with Gasteiger partial charge in [-0.25, -0.2) is 0 Å². The number of allylic oxidation sites excluding steroid dienone is 3. The highest BCUT2D eigenvalue weighted by Gasteiger charge is 2.02. The predicted molar refractivity (Wildman–Crippen MR) is 61.1 cm³/mol. The lowest BCUT2D eigenvalue weighted by molar-refractivity contribution is 0.731. The Morgan fingerprint density at radius 1 is 1.21 bits per heavy atom. The van der Waals surface area contributed by atoms with Crippen LogP contribution in [0.15, 0.2) is 54.3 Å². The van der Waals surface area contributed by atoms with Gasteiger partial charge in [0.25, 0.3) is 0 Å². The molecule has 14 heavy (non-hydrogen) atoms. The molecule has 0 heterocycles. The molecule has 2 rings (SSSR count). The van der Waals surface area contributed by atoms with E-state index in [2.05, 4.69) is 42.6 Å². The summed E-state index contributed by atoms with van der Waals surface area (Å²) in [6, 6.07) is 10.3. The molecule has 1 unspecified atom stereocenters. The molecule has 0 saturated heterocycles.